The number of anilines is 5. The first-order valence-electron chi connectivity index (χ1n) is 19.3. The molecule has 2 N–H and O–H groups in total. The fraction of sp³-hybridized carbons (Fsp3) is 0.302. The number of hydrogen-bond acceptors (Lipinski definition) is 9. The largest absolute Gasteiger partial charge is 0.493 e. The second kappa shape index (κ2) is 17.4. The van der Waals surface area contributed by atoms with Crippen molar-refractivity contribution >= 4 is 34.4 Å². The Labute approximate surface area is 349 Å². The number of rotatable bonds is 11. The Morgan fingerprint density at radius 2 is 1.19 bits per heavy atom. The van der Waals surface area contributed by atoms with Crippen molar-refractivity contribution in [3.05, 3.63) is 125 Å². The lowest BCUT2D eigenvalue weighted by atomic mass is 10.0. The van der Waals surface area contributed by atoms with Gasteiger partial charge in [0, 0.05) is 88.1 Å². The third-order valence-corrected chi connectivity index (χ3v) is 10.7. The summed E-state index contributed by atoms with van der Waals surface area (Å²) in [5, 5.41) is 12.4. The number of aromatic nitrogens is 1. The number of pyridine rings is 1. The maximum absolute atomic E-state index is 15.1. The van der Waals surface area contributed by atoms with Crippen LogP contribution in [-0.2, 0) is 25.1 Å². The molecule has 0 aliphatic carbocycles. The van der Waals surface area contributed by atoms with Crippen molar-refractivity contribution in [2.75, 3.05) is 84.4 Å². The van der Waals surface area contributed by atoms with Gasteiger partial charge in [0.2, 0.25) is 5.88 Å². The molecule has 0 amide bonds. The minimum atomic E-state index is -4.84. The van der Waals surface area contributed by atoms with Crippen molar-refractivity contribution in [2.45, 2.75) is 25.1 Å². The summed E-state index contributed by atoms with van der Waals surface area (Å²) in [5.41, 5.74) is -1.25. The lowest BCUT2D eigenvalue weighted by Gasteiger charge is -2.41. The summed E-state index contributed by atoms with van der Waals surface area (Å²) >= 11 is 0. The average molecular weight is 875 g/mol. The molecule has 0 saturated carbocycles. The predicted molar refractivity (Wildman–Crippen MR) is 215 cm³/mol. The Morgan fingerprint density at radius 3 is 1.68 bits per heavy atom. The van der Waals surface area contributed by atoms with Crippen LogP contribution in [0.5, 0.6) is 17.4 Å². The number of carboxylic acids is 1. The number of nitrogens with zero attached hydrogens (tertiary/aromatic N) is 5. The first-order chi connectivity index (χ1) is 29.4. The average Bonchev–Trinajstić information content (AvgIpc) is 3.25. The van der Waals surface area contributed by atoms with Gasteiger partial charge in [-0.1, -0.05) is 24.3 Å². The molecule has 2 saturated heterocycles. The molecule has 0 bridgehead atoms. The maximum Gasteiger partial charge on any atom is 0.418 e. The van der Waals surface area contributed by atoms with Crippen molar-refractivity contribution in [3.63, 3.8) is 0 Å². The summed E-state index contributed by atoms with van der Waals surface area (Å²) in [6.45, 7) is 1.23. The van der Waals surface area contributed by atoms with Gasteiger partial charge in [0.15, 0.2) is 11.5 Å². The molecular weight excluding hydrogens is 835 g/mol. The van der Waals surface area contributed by atoms with E-state index in [-0.39, 0.29) is 93.2 Å². The Balaban J connectivity index is 1.21. The fourth-order valence-electron chi connectivity index (χ4n) is 7.48. The Kier molecular flexibility index (Phi) is 12.3. The predicted octanol–water partition coefficient (Wildman–Crippen LogP) is 9.90. The second-order valence-corrected chi connectivity index (χ2v) is 14.5. The van der Waals surface area contributed by atoms with Crippen molar-refractivity contribution in [1.82, 2.24) is 4.98 Å². The molecule has 62 heavy (non-hydrogen) atoms. The number of aromatic carboxylic acids is 1. The van der Waals surface area contributed by atoms with Crippen LogP contribution >= 0.6 is 0 Å². The van der Waals surface area contributed by atoms with Crippen LogP contribution in [-0.4, -0.2) is 75.5 Å². The molecule has 0 atom stereocenters. The molecule has 10 nitrogen and oxygen atoms in total. The third kappa shape index (κ3) is 9.81. The monoisotopic (exact) mass is 874 g/mol. The van der Waals surface area contributed by atoms with E-state index in [0.29, 0.717) is 22.6 Å². The number of benzene rings is 4. The van der Waals surface area contributed by atoms with E-state index in [9.17, 15) is 36.2 Å². The van der Waals surface area contributed by atoms with E-state index < -0.39 is 41.2 Å². The number of methoxy groups -OCH3 is 1. The number of halogens is 9. The number of piperazine rings is 2. The van der Waals surface area contributed by atoms with Crippen molar-refractivity contribution < 1.29 is 58.9 Å². The minimum absolute atomic E-state index is 0.0249. The summed E-state index contributed by atoms with van der Waals surface area (Å²) in [7, 11) is 1.39. The van der Waals surface area contributed by atoms with Crippen LogP contribution in [0.4, 0.5) is 68.0 Å². The highest BCUT2D eigenvalue weighted by Gasteiger charge is 2.38. The third-order valence-electron chi connectivity index (χ3n) is 10.7. The molecule has 2 fully saturated rings. The van der Waals surface area contributed by atoms with E-state index in [1.165, 1.54) is 43.5 Å². The topological polar surface area (TPSA) is 93.6 Å². The number of carbonyl (C=O) groups is 1. The summed E-state index contributed by atoms with van der Waals surface area (Å²) < 4.78 is 138. The van der Waals surface area contributed by atoms with Gasteiger partial charge in [0.25, 0.3) is 0 Å². The van der Waals surface area contributed by atoms with Crippen molar-refractivity contribution in [3.8, 4) is 17.4 Å². The van der Waals surface area contributed by atoms with Crippen LogP contribution < -0.4 is 34.4 Å². The number of carboxylic acid groups (broad SMARTS) is 1. The smallest absolute Gasteiger partial charge is 0.418 e. The van der Waals surface area contributed by atoms with Crippen LogP contribution in [0.1, 0.15) is 32.6 Å². The molecule has 2 aliphatic rings. The lowest BCUT2D eigenvalue weighted by Crippen LogP contribution is -2.48. The fourth-order valence-corrected chi connectivity index (χ4v) is 7.48. The Hall–Kier alpha value is -6.53. The van der Waals surface area contributed by atoms with Gasteiger partial charge in [-0.25, -0.2) is 9.78 Å². The van der Waals surface area contributed by atoms with Crippen LogP contribution in [0, 0.1) is 0 Å². The molecular formula is C43H39F9N6O4. The minimum Gasteiger partial charge on any atom is -0.493 e. The number of para-hydroxylation sites is 1. The highest BCUT2D eigenvalue weighted by Crippen LogP contribution is 2.45. The molecule has 328 valence electrons. The van der Waals surface area contributed by atoms with E-state index in [0.717, 1.165) is 36.5 Å². The molecule has 0 spiro atoms. The lowest BCUT2D eigenvalue weighted by molar-refractivity contribution is -0.138. The van der Waals surface area contributed by atoms with E-state index in [1.54, 1.807) is 39.0 Å². The molecule has 0 unspecified atom stereocenters. The molecule has 19 heteroatoms. The number of nitrogens with one attached hydrogen (secondary N) is 1. The van der Waals surface area contributed by atoms with E-state index in [2.05, 4.69) is 10.3 Å². The number of alkyl halides is 9. The summed E-state index contributed by atoms with van der Waals surface area (Å²) in [6.07, 6.45) is -12.9. The van der Waals surface area contributed by atoms with Gasteiger partial charge in [0.1, 0.15) is 0 Å². The van der Waals surface area contributed by atoms with Crippen molar-refractivity contribution in [1.29, 1.82) is 0 Å². The standard InChI is InChI=1S/C43H39F9N6O4/c1-61-37-10-2-5-27(39(37)62-38-12-11-28(26-54-38)40(59)60)25-53-34-23-33(43(50,51)52)35(57-17-13-55(14-18-57)31-8-3-6-29(21-31)41(44,45)46)24-36(34)58-19-15-56(16-20-58)32-9-4-7-30(22-32)42(47,48)49/h2-12,21-24,26,53H,13-20,25H2,1H3,(H,59,60). The van der Waals surface area contributed by atoms with Gasteiger partial charge in [-0.3, -0.25) is 0 Å². The van der Waals surface area contributed by atoms with Crippen LogP contribution in [0.25, 0.3) is 0 Å². The van der Waals surface area contributed by atoms with Crippen LogP contribution in [0.15, 0.2) is 97.2 Å². The zero-order valence-electron chi connectivity index (χ0n) is 32.9. The highest BCUT2D eigenvalue weighted by molar-refractivity contribution is 5.87. The maximum atomic E-state index is 15.1. The molecule has 0 radical (unpaired) electrons. The summed E-state index contributed by atoms with van der Waals surface area (Å²) in [5.74, 6) is -0.742. The molecule has 5 aromatic rings. The molecule has 2 aliphatic heterocycles. The molecule has 7 rings (SSSR count). The molecule has 4 aromatic carbocycles. The number of hydrogen-bond donors (Lipinski definition) is 2. The summed E-state index contributed by atoms with van der Waals surface area (Å²) in [6, 6.07) is 19.7. The second-order valence-electron chi connectivity index (χ2n) is 14.5. The normalized spacial score (nSPS) is 15.1. The van der Waals surface area contributed by atoms with Gasteiger partial charge in [-0.15, -0.1) is 0 Å². The van der Waals surface area contributed by atoms with Gasteiger partial charge in [-0.2, -0.15) is 39.5 Å². The van der Waals surface area contributed by atoms with Crippen LogP contribution in [0.2, 0.25) is 0 Å². The zero-order chi connectivity index (χ0) is 44.4. The van der Waals surface area contributed by atoms with Gasteiger partial charge in [-0.05, 0) is 60.7 Å². The first-order valence-corrected chi connectivity index (χ1v) is 19.3. The summed E-state index contributed by atoms with van der Waals surface area (Å²) in [4.78, 5) is 22.3. The van der Waals surface area contributed by atoms with Crippen LogP contribution in [0.3, 0.4) is 0 Å². The van der Waals surface area contributed by atoms with E-state index in [1.807, 2.05) is 4.90 Å². The van der Waals surface area contributed by atoms with Gasteiger partial charge in [0.05, 0.1) is 46.4 Å². The van der Waals surface area contributed by atoms with E-state index >= 15 is 13.2 Å². The first kappa shape index (κ1) is 43.6. The highest BCUT2D eigenvalue weighted by atomic mass is 19.4. The Morgan fingerprint density at radius 1 is 0.661 bits per heavy atom. The quantitative estimate of drug-likeness (QED) is 0.125. The van der Waals surface area contributed by atoms with E-state index in [4.69, 9.17) is 9.47 Å². The Bertz CT molecular complexity index is 2380. The zero-order valence-corrected chi connectivity index (χ0v) is 32.9. The molecule has 1 aromatic heterocycles. The SMILES string of the molecule is COc1cccc(CNc2cc(C(F)(F)F)c(N3CCN(c4cccc(C(F)(F)F)c4)CC3)cc2N2CCN(c3cccc(C(F)(F)F)c3)CC2)c1Oc1ccc(C(=O)O)cn1. The van der Waals surface area contributed by atoms with Gasteiger partial charge < -0.3 is 39.5 Å². The van der Waals surface area contributed by atoms with Crippen molar-refractivity contribution in [2.24, 2.45) is 0 Å². The number of ether oxygens (including phenoxy) is 2. The van der Waals surface area contributed by atoms with Gasteiger partial charge >= 0.3 is 24.5 Å². The molecule has 3 heterocycles.